The van der Waals surface area contributed by atoms with Crippen LogP contribution in [0.4, 0.5) is 10.1 Å². The van der Waals surface area contributed by atoms with E-state index >= 15 is 0 Å². The van der Waals surface area contributed by atoms with Crippen LogP contribution in [-0.2, 0) is 16.2 Å². The van der Waals surface area contributed by atoms with Crippen LogP contribution in [-0.4, -0.2) is 25.1 Å². The first-order valence-corrected chi connectivity index (χ1v) is 9.30. The second kappa shape index (κ2) is 10.5. The van der Waals surface area contributed by atoms with E-state index in [9.17, 15) is 14.0 Å². The molecule has 0 aliphatic rings. The number of ether oxygens (including phenoxy) is 2. The number of benzene rings is 3. The molecule has 2 N–H and O–H groups in total. The quantitative estimate of drug-likeness (QED) is 0.347. The van der Waals surface area contributed by atoms with Gasteiger partial charge in [0.05, 0.1) is 19.0 Å². The van der Waals surface area contributed by atoms with Crippen LogP contribution in [0.3, 0.4) is 0 Å². The Morgan fingerprint density at radius 1 is 0.968 bits per heavy atom. The molecule has 0 aliphatic carbocycles. The summed E-state index contributed by atoms with van der Waals surface area (Å²) in [5.74, 6) is -1.13. The smallest absolute Gasteiger partial charge is 0.329 e. The molecule has 3 aromatic carbocycles. The van der Waals surface area contributed by atoms with Crippen molar-refractivity contribution in [2.75, 3.05) is 12.4 Å². The lowest BCUT2D eigenvalue weighted by molar-refractivity contribution is -0.136. The van der Waals surface area contributed by atoms with Gasteiger partial charge < -0.3 is 14.8 Å². The average Bonchev–Trinajstić information content (AvgIpc) is 2.79. The summed E-state index contributed by atoms with van der Waals surface area (Å²) < 4.78 is 24.3. The minimum Gasteiger partial charge on any atom is -0.495 e. The molecule has 158 valence electrons. The van der Waals surface area contributed by atoms with E-state index in [1.165, 1.54) is 19.4 Å². The van der Waals surface area contributed by atoms with Gasteiger partial charge in [-0.05, 0) is 48.0 Å². The van der Waals surface area contributed by atoms with Gasteiger partial charge >= 0.3 is 11.8 Å². The molecule has 0 unspecified atom stereocenters. The number of anilines is 1. The number of amides is 2. The molecule has 2 amide bonds. The normalized spacial score (nSPS) is 10.5. The number of halogens is 1. The van der Waals surface area contributed by atoms with Crippen molar-refractivity contribution in [1.82, 2.24) is 5.43 Å². The van der Waals surface area contributed by atoms with Crippen LogP contribution in [0, 0.1) is 5.82 Å². The Labute approximate surface area is 178 Å². The molecule has 0 radical (unpaired) electrons. The molecule has 0 saturated heterocycles. The summed E-state index contributed by atoms with van der Waals surface area (Å²) in [6.07, 6.45) is 1.38. The minimum absolute atomic E-state index is 0.109. The number of nitrogens with zero attached hydrogens (tertiary/aromatic N) is 1. The summed E-state index contributed by atoms with van der Waals surface area (Å²) >= 11 is 0. The van der Waals surface area contributed by atoms with E-state index in [0.29, 0.717) is 28.3 Å². The molecule has 0 saturated carbocycles. The van der Waals surface area contributed by atoms with E-state index in [4.69, 9.17) is 9.47 Å². The number of nitrogens with one attached hydrogen (secondary N) is 2. The van der Waals surface area contributed by atoms with Crippen molar-refractivity contribution in [3.63, 3.8) is 0 Å². The third-order valence-corrected chi connectivity index (χ3v) is 4.17. The van der Waals surface area contributed by atoms with Gasteiger partial charge in [0.15, 0.2) is 0 Å². The van der Waals surface area contributed by atoms with Gasteiger partial charge in [-0.1, -0.05) is 30.3 Å². The lowest BCUT2D eigenvalue weighted by Crippen LogP contribution is -2.32. The molecule has 0 bridgehead atoms. The van der Waals surface area contributed by atoms with E-state index < -0.39 is 11.8 Å². The predicted molar refractivity (Wildman–Crippen MR) is 115 cm³/mol. The van der Waals surface area contributed by atoms with Crippen LogP contribution in [0.15, 0.2) is 77.9 Å². The molecule has 8 heteroatoms. The number of para-hydroxylation sites is 2. The van der Waals surface area contributed by atoms with Gasteiger partial charge in [0.1, 0.15) is 23.9 Å². The summed E-state index contributed by atoms with van der Waals surface area (Å²) in [5, 5.41) is 6.23. The van der Waals surface area contributed by atoms with Gasteiger partial charge in [-0.25, -0.2) is 9.82 Å². The Bertz CT molecular complexity index is 1080. The highest BCUT2D eigenvalue weighted by Crippen LogP contribution is 2.22. The van der Waals surface area contributed by atoms with Crippen LogP contribution in [0.2, 0.25) is 0 Å². The summed E-state index contributed by atoms with van der Waals surface area (Å²) in [4.78, 5) is 23.9. The topological polar surface area (TPSA) is 89.0 Å². The van der Waals surface area contributed by atoms with Gasteiger partial charge in [-0.2, -0.15) is 5.10 Å². The highest BCUT2D eigenvalue weighted by atomic mass is 19.1. The third kappa shape index (κ3) is 6.14. The Balaban J connectivity index is 1.49. The molecule has 0 aliphatic heterocycles. The molecule has 0 heterocycles. The molecule has 31 heavy (non-hydrogen) atoms. The number of rotatable bonds is 7. The van der Waals surface area contributed by atoms with Crippen molar-refractivity contribution in [3.05, 3.63) is 89.7 Å². The maximum absolute atomic E-state index is 13.6. The molecule has 0 atom stereocenters. The van der Waals surface area contributed by atoms with Gasteiger partial charge in [-0.3, -0.25) is 9.59 Å². The van der Waals surface area contributed by atoms with Crippen molar-refractivity contribution >= 4 is 23.7 Å². The van der Waals surface area contributed by atoms with Crippen molar-refractivity contribution in [3.8, 4) is 11.5 Å². The molecule has 0 aromatic heterocycles. The minimum atomic E-state index is -0.924. The number of carbonyl (C=O) groups excluding carboxylic acids is 2. The van der Waals surface area contributed by atoms with Crippen LogP contribution in [0.1, 0.15) is 11.1 Å². The SMILES string of the molecule is COc1ccccc1NC(=O)C(=O)N/N=C/c1ccc(OCc2ccccc2F)cc1. The van der Waals surface area contributed by atoms with Gasteiger partial charge in [0.2, 0.25) is 0 Å². The molecule has 3 aromatic rings. The number of carbonyl (C=O) groups is 2. The van der Waals surface area contributed by atoms with Crippen LogP contribution < -0.4 is 20.2 Å². The van der Waals surface area contributed by atoms with Crippen LogP contribution in [0.5, 0.6) is 11.5 Å². The molecule has 3 rings (SSSR count). The summed E-state index contributed by atoms with van der Waals surface area (Å²) in [5.41, 5.74) is 3.67. The van der Waals surface area contributed by atoms with Gasteiger partial charge in [0, 0.05) is 5.56 Å². The van der Waals surface area contributed by atoms with E-state index in [2.05, 4.69) is 15.8 Å². The Kier molecular flexibility index (Phi) is 7.31. The van der Waals surface area contributed by atoms with Crippen molar-refractivity contribution in [2.45, 2.75) is 6.61 Å². The fourth-order valence-electron chi connectivity index (χ4n) is 2.57. The lowest BCUT2D eigenvalue weighted by Gasteiger charge is -2.08. The second-order valence-electron chi connectivity index (χ2n) is 6.30. The molecule has 7 nitrogen and oxygen atoms in total. The Morgan fingerprint density at radius 3 is 2.42 bits per heavy atom. The zero-order valence-corrected chi connectivity index (χ0v) is 16.7. The van der Waals surface area contributed by atoms with Crippen LogP contribution >= 0.6 is 0 Å². The first-order valence-electron chi connectivity index (χ1n) is 9.30. The lowest BCUT2D eigenvalue weighted by atomic mass is 10.2. The van der Waals surface area contributed by atoms with E-state index in [-0.39, 0.29) is 12.4 Å². The third-order valence-electron chi connectivity index (χ3n) is 4.17. The first kappa shape index (κ1) is 21.5. The second-order valence-corrected chi connectivity index (χ2v) is 6.30. The maximum Gasteiger partial charge on any atom is 0.329 e. The van der Waals surface area contributed by atoms with Gasteiger partial charge in [-0.15, -0.1) is 0 Å². The number of methoxy groups -OCH3 is 1. The highest BCUT2D eigenvalue weighted by molar-refractivity contribution is 6.39. The summed E-state index contributed by atoms with van der Waals surface area (Å²) in [6.45, 7) is 0.109. The zero-order chi connectivity index (χ0) is 22.1. The zero-order valence-electron chi connectivity index (χ0n) is 16.7. The number of hydrogen-bond acceptors (Lipinski definition) is 5. The Morgan fingerprint density at radius 2 is 1.68 bits per heavy atom. The van der Waals surface area contributed by atoms with Gasteiger partial charge in [0.25, 0.3) is 0 Å². The van der Waals surface area contributed by atoms with E-state index in [1.54, 1.807) is 66.7 Å². The highest BCUT2D eigenvalue weighted by Gasteiger charge is 2.14. The fourth-order valence-corrected chi connectivity index (χ4v) is 2.57. The number of hydrazone groups is 1. The Hall–Kier alpha value is -4.20. The number of hydrogen-bond donors (Lipinski definition) is 2. The van der Waals surface area contributed by atoms with E-state index in [1.807, 2.05) is 0 Å². The molecule has 0 fully saturated rings. The molecular weight excluding hydrogens is 401 g/mol. The molecular formula is C23H20FN3O4. The monoisotopic (exact) mass is 421 g/mol. The fraction of sp³-hybridized carbons (Fsp3) is 0.0870. The van der Waals surface area contributed by atoms with Crippen molar-refractivity contribution < 1.29 is 23.5 Å². The first-order chi connectivity index (χ1) is 15.1. The standard InChI is InChI=1S/C23H20FN3O4/c1-30-21-9-5-4-8-20(21)26-22(28)23(29)27-25-14-16-10-12-18(13-11-16)31-15-17-6-2-3-7-19(17)24/h2-14H,15H2,1H3,(H,26,28)(H,27,29)/b25-14+. The average molecular weight is 421 g/mol. The van der Waals surface area contributed by atoms with Crippen molar-refractivity contribution in [1.29, 1.82) is 0 Å². The van der Waals surface area contributed by atoms with Crippen LogP contribution in [0.25, 0.3) is 0 Å². The van der Waals surface area contributed by atoms with Crippen molar-refractivity contribution in [2.24, 2.45) is 5.10 Å². The van der Waals surface area contributed by atoms with E-state index in [0.717, 1.165) is 0 Å². The maximum atomic E-state index is 13.6. The summed E-state index contributed by atoms with van der Waals surface area (Å²) in [7, 11) is 1.46. The predicted octanol–water partition coefficient (Wildman–Crippen LogP) is 3.50. The molecule has 0 spiro atoms. The largest absolute Gasteiger partial charge is 0.495 e. The summed E-state index contributed by atoms with van der Waals surface area (Å²) in [6, 6.07) is 19.9.